The summed E-state index contributed by atoms with van der Waals surface area (Å²) in [4.78, 5) is 8.14. The molecular weight excluding hydrogens is 307 g/mol. The molecular formula is C15H24F3N5. The molecule has 0 aliphatic carbocycles. The van der Waals surface area contributed by atoms with E-state index in [0.717, 1.165) is 44.2 Å². The first kappa shape index (κ1) is 19.1. The molecule has 1 rings (SSSR count). The second-order valence-corrected chi connectivity index (χ2v) is 4.90. The van der Waals surface area contributed by atoms with Gasteiger partial charge in [0.05, 0.1) is 5.56 Å². The van der Waals surface area contributed by atoms with Gasteiger partial charge in [-0.2, -0.15) is 13.2 Å². The van der Waals surface area contributed by atoms with E-state index in [-0.39, 0.29) is 0 Å². The summed E-state index contributed by atoms with van der Waals surface area (Å²) in [5.74, 6) is 1.21. The van der Waals surface area contributed by atoms with Crippen LogP contribution >= 0.6 is 0 Å². The highest BCUT2D eigenvalue weighted by molar-refractivity contribution is 5.79. The molecule has 0 saturated carbocycles. The summed E-state index contributed by atoms with van der Waals surface area (Å²) in [6, 6.07) is 2.36. The smallest absolute Gasteiger partial charge is 0.370 e. The third kappa shape index (κ3) is 7.71. The predicted octanol–water partition coefficient (Wildman–Crippen LogP) is 2.87. The number of alkyl halides is 3. The van der Waals surface area contributed by atoms with Gasteiger partial charge in [0, 0.05) is 32.4 Å². The van der Waals surface area contributed by atoms with Crippen LogP contribution in [0.5, 0.6) is 0 Å². The van der Waals surface area contributed by atoms with Gasteiger partial charge in [0.25, 0.3) is 0 Å². The molecule has 0 aromatic carbocycles. The van der Waals surface area contributed by atoms with E-state index < -0.39 is 11.7 Å². The maximum atomic E-state index is 12.4. The lowest BCUT2D eigenvalue weighted by Crippen LogP contribution is -2.38. The predicted molar refractivity (Wildman–Crippen MR) is 86.6 cm³/mol. The Morgan fingerprint density at radius 1 is 1.17 bits per heavy atom. The molecule has 0 unspecified atom stereocenters. The fourth-order valence-corrected chi connectivity index (χ4v) is 1.74. The Hall–Kier alpha value is -1.99. The van der Waals surface area contributed by atoms with Crippen molar-refractivity contribution in [1.82, 2.24) is 15.6 Å². The van der Waals surface area contributed by atoms with Crippen molar-refractivity contribution >= 4 is 11.8 Å². The number of nitrogens with zero attached hydrogens (tertiary/aromatic N) is 2. The number of halogens is 3. The average molecular weight is 331 g/mol. The third-order valence-electron chi connectivity index (χ3n) is 2.88. The zero-order chi connectivity index (χ0) is 17.1. The molecule has 0 atom stereocenters. The van der Waals surface area contributed by atoms with Gasteiger partial charge in [0.15, 0.2) is 5.96 Å². The van der Waals surface area contributed by atoms with Gasteiger partial charge in [-0.15, -0.1) is 0 Å². The number of rotatable bonds is 8. The van der Waals surface area contributed by atoms with E-state index in [9.17, 15) is 13.2 Å². The van der Waals surface area contributed by atoms with E-state index in [1.165, 1.54) is 6.07 Å². The first-order valence-electron chi connectivity index (χ1n) is 7.76. The average Bonchev–Trinajstić information content (AvgIpc) is 2.51. The van der Waals surface area contributed by atoms with Gasteiger partial charge in [-0.3, -0.25) is 4.99 Å². The monoisotopic (exact) mass is 331 g/mol. The first-order valence-corrected chi connectivity index (χ1v) is 7.76. The first-order chi connectivity index (χ1) is 11.0. The van der Waals surface area contributed by atoms with Gasteiger partial charge in [0.1, 0.15) is 5.82 Å². The van der Waals surface area contributed by atoms with Crippen LogP contribution in [-0.2, 0) is 6.18 Å². The van der Waals surface area contributed by atoms with E-state index in [1.54, 1.807) is 0 Å². The highest BCUT2D eigenvalue weighted by atomic mass is 19.4. The zero-order valence-electron chi connectivity index (χ0n) is 13.5. The molecule has 0 bridgehead atoms. The van der Waals surface area contributed by atoms with Gasteiger partial charge >= 0.3 is 6.18 Å². The van der Waals surface area contributed by atoms with Crippen molar-refractivity contribution < 1.29 is 13.2 Å². The molecule has 1 aromatic rings. The van der Waals surface area contributed by atoms with Crippen molar-refractivity contribution in [1.29, 1.82) is 0 Å². The summed E-state index contributed by atoms with van der Waals surface area (Å²) < 4.78 is 37.2. The van der Waals surface area contributed by atoms with Crippen molar-refractivity contribution in [2.45, 2.75) is 32.9 Å². The maximum Gasteiger partial charge on any atom is 0.417 e. The van der Waals surface area contributed by atoms with Gasteiger partial charge in [-0.05, 0) is 31.9 Å². The highest BCUT2D eigenvalue weighted by Crippen LogP contribution is 2.28. The number of nitrogens with one attached hydrogen (secondary N) is 3. The van der Waals surface area contributed by atoms with Crippen LogP contribution in [-0.4, -0.2) is 37.1 Å². The van der Waals surface area contributed by atoms with Gasteiger partial charge < -0.3 is 16.0 Å². The SMILES string of the molecule is CCCN=C(NCC)NCCCNc1ccc(C(F)(F)F)cn1. The molecule has 0 amide bonds. The molecule has 1 heterocycles. The number of guanidine groups is 1. The third-order valence-corrected chi connectivity index (χ3v) is 2.88. The number of aliphatic imine (C=N–C) groups is 1. The van der Waals surface area contributed by atoms with E-state index >= 15 is 0 Å². The normalized spacial score (nSPS) is 12.1. The molecule has 130 valence electrons. The molecule has 0 saturated heterocycles. The van der Waals surface area contributed by atoms with Crippen LogP contribution in [0.25, 0.3) is 0 Å². The molecule has 8 heteroatoms. The Morgan fingerprint density at radius 3 is 2.52 bits per heavy atom. The largest absolute Gasteiger partial charge is 0.417 e. The Morgan fingerprint density at radius 2 is 1.96 bits per heavy atom. The lowest BCUT2D eigenvalue weighted by molar-refractivity contribution is -0.137. The van der Waals surface area contributed by atoms with Crippen LogP contribution in [0.2, 0.25) is 0 Å². The molecule has 0 fully saturated rings. The van der Waals surface area contributed by atoms with E-state index in [1.807, 2.05) is 6.92 Å². The van der Waals surface area contributed by atoms with E-state index in [0.29, 0.717) is 18.9 Å². The van der Waals surface area contributed by atoms with Crippen LogP contribution in [0.15, 0.2) is 23.3 Å². The van der Waals surface area contributed by atoms with E-state index in [4.69, 9.17) is 0 Å². The van der Waals surface area contributed by atoms with Crippen molar-refractivity contribution in [3.63, 3.8) is 0 Å². The summed E-state index contributed by atoms with van der Waals surface area (Å²) >= 11 is 0. The molecule has 23 heavy (non-hydrogen) atoms. The zero-order valence-corrected chi connectivity index (χ0v) is 13.5. The summed E-state index contributed by atoms with van der Waals surface area (Å²) in [7, 11) is 0. The van der Waals surface area contributed by atoms with Gasteiger partial charge in [0.2, 0.25) is 0 Å². The van der Waals surface area contributed by atoms with Crippen LogP contribution < -0.4 is 16.0 Å². The maximum absolute atomic E-state index is 12.4. The highest BCUT2D eigenvalue weighted by Gasteiger charge is 2.30. The molecule has 0 aliphatic rings. The number of anilines is 1. The summed E-state index contributed by atoms with van der Waals surface area (Å²) in [6.07, 6.45) is -1.74. The van der Waals surface area contributed by atoms with E-state index in [2.05, 4.69) is 32.9 Å². The molecule has 0 aliphatic heterocycles. The molecule has 1 aromatic heterocycles. The number of hydrogen-bond donors (Lipinski definition) is 3. The van der Waals surface area contributed by atoms with Crippen molar-refractivity contribution in [3.8, 4) is 0 Å². The molecule has 0 radical (unpaired) electrons. The van der Waals surface area contributed by atoms with Gasteiger partial charge in [-0.25, -0.2) is 4.98 Å². The topological polar surface area (TPSA) is 61.3 Å². The Bertz CT molecular complexity index is 471. The van der Waals surface area contributed by atoms with Crippen LogP contribution in [0.3, 0.4) is 0 Å². The van der Waals surface area contributed by atoms with Crippen LogP contribution in [0.4, 0.5) is 19.0 Å². The molecule has 3 N–H and O–H groups in total. The molecule has 5 nitrogen and oxygen atoms in total. The van der Waals surface area contributed by atoms with Gasteiger partial charge in [-0.1, -0.05) is 6.92 Å². The summed E-state index contributed by atoms with van der Waals surface area (Å²) in [5.41, 5.74) is -0.743. The fourth-order valence-electron chi connectivity index (χ4n) is 1.74. The second kappa shape index (κ2) is 9.91. The quantitative estimate of drug-likeness (QED) is 0.389. The lowest BCUT2D eigenvalue weighted by atomic mass is 10.3. The number of pyridine rings is 1. The van der Waals surface area contributed by atoms with Crippen molar-refractivity contribution in [3.05, 3.63) is 23.9 Å². The van der Waals surface area contributed by atoms with Crippen molar-refractivity contribution in [2.75, 3.05) is 31.5 Å². The minimum absolute atomic E-state index is 0.435. The lowest BCUT2D eigenvalue weighted by Gasteiger charge is -2.12. The standard InChI is InChI=1S/C15H24F3N5/c1-3-8-21-14(19-4-2)22-10-5-9-20-13-7-6-12(11-23-13)15(16,17)18/h6-7,11H,3-5,8-10H2,1-2H3,(H,20,23)(H2,19,21,22). The molecule has 0 spiro atoms. The van der Waals surface area contributed by atoms with Crippen LogP contribution in [0.1, 0.15) is 32.3 Å². The van der Waals surface area contributed by atoms with Crippen LogP contribution in [0, 0.1) is 0 Å². The number of hydrogen-bond acceptors (Lipinski definition) is 3. The second-order valence-electron chi connectivity index (χ2n) is 4.90. The Kier molecular flexibility index (Phi) is 8.21. The summed E-state index contributed by atoms with van der Waals surface area (Å²) in [5, 5.41) is 9.34. The fraction of sp³-hybridized carbons (Fsp3) is 0.600. The summed E-state index contributed by atoms with van der Waals surface area (Å²) in [6.45, 7) is 6.95. The Balaban J connectivity index is 2.29. The Labute approximate surface area is 134 Å². The minimum Gasteiger partial charge on any atom is -0.370 e. The van der Waals surface area contributed by atoms with Crippen molar-refractivity contribution in [2.24, 2.45) is 4.99 Å². The minimum atomic E-state index is -4.35. The number of aromatic nitrogens is 1.